The summed E-state index contributed by atoms with van der Waals surface area (Å²) in [6, 6.07) is 12.4. The molecule has 17 nitrogen and oxygen atoms in total. The van der Waals surface area contributed by atoms with Gasteiger partial charge >= 0.3 is 6.01 Å². The van der Waals surface area contributed by atoms with Crippen LogP contribution < -0.4 is 25.6 Å². The lowest BCUT2D eigenvalue weighted by Crippen LogP contribution is -2.57. The highest BCUT2D eigenvalue weighted by Crippen LogP contribution is 2.40. The number of pyridine rings is 1. The Morgan fingerprint density at radius 2 is 1.66 bits per heavy atom. The predicted molar refractivity (Wildman–Crippen MR) is 305 cm³/mol. The van der Waals surface area contributed by atoms with E-state index in [0.717, 1.165) is 88.2 Å². The third-order valence-corrected chi connectivity index (χ3v) is 16.4. The number of terminal acetylenes is 1. The van der Waals surface area contributed by atoms with Gasteiger partial charge in [-0.05, 0) is 91.3 Å². The number of benzene rings is 3. The largest absolute Gasteiger partial charge is 0.508 e. The van der Waals surface area contributed by atoms with Crippen molar-refractivity contribution in [1.29, 1.82) is 0 Å². The predicted octanol–water partition coefficient (Wildman–Crippen LogP) is 6.71. The molecule has 5 aliphatic rings. The molecule has 2 bridgehead atoms. The highest BCUT2D eigenvalue weighted by Gasteiger charge is 2.44. The van der Waals surface area contributed by atoms with Crippen molar-refractivity contribution < 1.29 is 38.1 Å². The Hall–Kier alpha value is -7.11. The Balaban J connectivity index is 0.675. The Bertz CT molecular complexity index is 3230. The number of ether oxygens (including phenoxy) is 1. The number of phenolic OH excluding ortho intramolecular Hbond substituents is 1. The number of allylic oxidation sites excluding steroid dienone is 2. The summed E-state index contributed by atoms with van der Waals surface area (Å²) in [5.41, 5.74) is 3.51. The molecular weight excluding hydrogens is 1020 g/mol. The van der Waals surface area contributed by atoms with E-state index >= 15 is 8.78 Å². The summed E-state index contributed by atoms with van der Waals surface area (Å²) in [7, 11) is 0. The van der Waals surface area contributed by atoms with E-state index in [1.165, 1.54) is 40.9 Å². The van der Waals surface area contributed by atoms with Gasteiger partial charge in [0.1, 0.15) is 40.7 Å². The van der Waals surface area contributed by atoms with Gasteiger partial charge in [-0.3, -0.25) is 24.4 Å². The molecule has 2 unspecified atom stereocenters. The number of unbranched alkanes of at least 4 members (excludes halogenated alkanes) is 2. The van der Waals surface area contributed by atoms with E-state index < -0.39 is 35.2 Å². The Morgan fingerprint density at radius 3 is 2.35 bits per heavy atom. The van der Waals surface area contributed by atoms with Gasteiger partial charge in [-0.1, -0.05) is 63.4 Å². The standard InChI is InChI=1S/C61H73F2N11O6/c1-6-45-49(62)19-16-40-29-43(75)30-47(52(40)45)54-53(63)55-48(33-65-54)57(73-34-41-17-18-42(35-73)67-41)70-60(69-55)80-28-10-23-72-26-24-71(25-27-72)22-9-7-8-11-51(77)68-56(61(3,4)5)59(79)74-36-44(76)31-50(74)58(78)66-32-38-12-14-39(15-13-38)46-20-21-64-37(46)2/h1,12-16,19,21,29-30,33,41-42,44,50,56,67,75-76H,7-11,17-18,20,22-28,31-32,34-36H2,2-5H3,(H,66,78)(H,68,77)/t41?,42?,44-,50+,56-/m1/s1. The molecule has 80 heavy (non-hydrogen) atoms. The first kappa shape index (κ1) is 56.2. The molecule has 0 spiro atoms. The highest BCUT2D eigenvalue weighted by atomic mass is 19.1. The number of carbonyl (C=O) groups is 3. The van der Waals surface area contributed by atoms with Gasteiger partial charge in [0.15, 0.2) is 5.82 Å². The van der Waals surface area contributed by atoms with Crippen LogP contribution in [0.5, 0.6) is 11.8 Å². The van der Waals surface area contributed by atoms with E-state index in [-0.39, 0.29) is 95.2 Å². The maximum Gasteiger partial charge on any atom is 0.319 e. The SMILES string of the molecule is C#Cc1c(F)ccc2cc(O)cc(-c3ncc4c(N5CC6CCC(C5)N6)nc(OCCCN5CCN(CCCCCC(=O)N[C@H](C(=O)N6C[C@H](O)C[C@H]6C(=O)NCc6ccc(C7=C(C)N=CC7)cc6)C(C)(C)C)CC5)nc4c3F)c12. The van der Waals surface area contributed by atoms with E-state index in [4.69, 9.17) is 16.1 Å². The van der Waals surface area contributed by atoms with Crippen molar-refractivity contribution in [1.82, 2.24) is 45.6 Å². The summed E-state index contributed by atoms with van der Waals surface area (Å²) >= 11 is 0. The number of anilines is 1. The third kappa shape index (κ3) is 12.6. The number of nitrogens with zero attached hydrogens (tertiary/aromatic N) is 8. The molecule has 3 aromatic carbocycles. The number of aliphatic hydroxyl groups is 1. The number of aliphatic hydroxyl groups excluding tert-OH is 1. The normalized spacial score (nSPS) is 20.9. The molecule has 4 saturated heterocycles. The minimum Gasteiger partial charge on any atom is -0.508 e. The maximum absolute atomic E-state index is 17.0. The second-order valence-corrected chi connectivity index (χ2v) is 23.2. The minimum atomic E-state index is -0.879. The minimum absolute atomic E-state index is 0.00601. The molecule has 10 rings (SSSR count). The molecular formula is C61H73F2N11O6. The van der Waals surface area contributed by atoms with Gasteiger partial charge in [0.2, 0.25) is 17.7 Å². The van der Waals surface area contributed by atoms with E-state index in [1.807, 2.05) is 58.2 Å². The maximum atomic E-state index is 17.0. The summed E-state index contributed by atoms with van der Waals surface area (Å²) in [5, 5.41) is 32.0. The Morgan fingerprint density at radius 1 is 0.938 bits per heavy atom. The van der Waals surface area contributed by atoms with E-state index in [9.17, 15) is 24.6 Å². The van der Waals surface area contributed by atoms with Gasteiger partial charge < -0.3 is 50.5 Å². The zero-order chi connectivity index (χ0) is 56.2. The zero-order valence-electron chi connectivity index (χ0n) is 46.2. The Labute approximate surface area is 466 Å². The smallest absolute Gasteiger partial charge is 0.319 e. The topological polar surface area (TPSA) is 201 Å². The van der Waals surface area contributed by atoms with Crippen LogP contribution in [0, 0.1) is 29.4 Å². The van der Waals surface area contributed by atoms with Gasteiger partial charge in [-0.2, -0.15) is 9.97 Å². The summed E-state index contributed by atoms with van der Waals surface area (Å²) in [5.74, 6) is 0.445. The number of halogens is 2. The summed E-state index contributed by atoms with van der Waals surface area (Å²) in [4.78, 5) is 67.8. The van der Waals surface area contributed by atoms with Crippen molar-refractivity contribution >= 4 is 57.0 Å². The van der Waals surface area contributed by atoms with Crippen molar-refractivity contribution in [3.8, 4) is 35.4 Å². The fourth-order valence-corrected chi connectivity index (χ4v) is 12.0. The first-order chi connectivity index (χ1) is 38.5. The van der Waals surface area contributed by atoms with Crippen LogP contribution in [0.2, 0.25) is 0 Å². The fourth-order valence-electron chi connectivity index (χ4n) is 12.0. The summed E-state index contributed by atoms with van der Waals surface area (Å²) in [6.45, 7) is 14.9. The highest BCUT2D eigenvalue weighted by molar-refractivity contribution is 6.03. The number of hydrogen-bond donors (Lipinski definition) is 5. The lowest BCUT2D eigenvalue weighted by molar-refractivity contribution is -0.144. The lowest BCUT2D eigenvalue weighted by Gasteiger charge is -2.35. The molecule has 0 radical (unpaired) electrons. The number of β-amino-alcohol motifs (C(OH)–C–C–N with tert-alkyl or cyclic N) is 1. The molecule has 3 amide bonds. The van der Waals surface area contributed by atoms with Crippen molar-refractivity contribution in [2.24, 2.45) is 10.4 Å². The summed E-state index contributed by atoms with van der Waals surface area (Å²) < 4.78 is 38.2. The first-order valence-electron chi connectivity index (χ1n) is 28.3. The average Bonchev–Trinajstić information content (AvgIpc) is 4.21. The van der Waals surface area contributed by atoms with Gasteiger partial charge in [0.05, 0.1) is 23.7 Å². The van der Waals surface area contributed by atoms with Crippen molar-refractivity contribution in [2.75, 3.05) is 70.4 Å². The molecule has 5 N–H and O–H groups in total. The molecule has 5 aromatic rings. The number of piperazine rings is 2. The number of phenols is 1. The van der Waals surface area contributed by atoms with Crippen LogP contribution in [0.15, 0.2) is 65.4 Å². The van der Waals surface area contributed by atoms with Crippen LogP contribution in [-0.2, 0) is 20.9 Å². The van der Waals surface area contributed by atoms with Gasteiger partial charge in [0.25, 0.3) is 0 Å². The molecule has 4 fully saturated rings. The van der Waals surface area contributed by atoms with Crippen LogP contribution in [0.3, 0.4) is 0 Å². The van der Waals surface area contributed by atoms with Crippen LogP contribution in [0.4, 0.5) is 14.6 Å². The Kier molecular flexibility index (Phi) is 17.1. The third-order valence-electron chi connectivity index (χ3n) is 16.4. The van der Waals surface area contributed by atoms with E-state index in [1.54, 1.807) is 0 Å². The molecule has 0 aliphatic carbocycles. The number of nitrogens with one attached hydrogen (secondary N) is 3. The van der Waals surface area contributed by atoms with Crippen LogP contribution in [-0.4, -0.2) is 160 Å². The second-order valence-electron chi connectivity index (χ2n) is 23.2. The van der Waals surface area contributed by atoms with E-state index in [0.29, 0.717) is 49.1 Å². The van der Waals surface area contributed by atoms with Crippen molar-refractivity contribution in [3.63, 3.8) is 0 Å². The zero-order valence-corrected chi connectivity index (χ0v) is 46.2. The number of carbonyl (C=O) groups excluding carboxylic acids is 3. The fraction of sp³-hybridized carbons (Fsp3) is 0.492. The van der Waals surface area contributed by atoms with Crippen LogP contribution in [0.1, 0.15) is 102 Å². The van der Waals surface area contributed by atoms with Gasteiger partial charge in [-0.15, -0.1) is 6.42 Å². The molecule has 5 atom stereocenters. The molecule has 422 valence electrons. The number of aliphatic imine (C=N–C) groups is 1. The number of fused-ring (bicyclic) bond motifs is 4. The van der Waals surface area contributed by atoms with Gasteiger partial charge in [0, 0.05) is 119 Å². The van der Waals surface area contributed by atoms with Crippen LogP contribution in [0.25, 0.3) is 38.5 Å². The number of aromatic hydroxyl groups is 1. The molecule has 5 aliphatic heterocycles. The van der Waals surface area contributed by atoms with E-state index in [2.05, 4.69) is 51.5 Å². The quantitative estimate of drug-likeness (QED) is 0.0432. The summed E-state index contributed by atoms with van der Waals surface area (Å²) in [6.07, 6.45) is 14.7. The molecule has 2 aromatic heterocycles. The molecule has 0 saturated carbocycles. The number of rotatable bonds is 19. The van der Waals surface area contributed by atoms with Gasteiger partial charge in [-0.25, -0.2) is 8.78 Å². The molecule has 19 heteroatoms. The number of hydrogen-bond acceptors (Lipinski definition) is 14. The number of aromatic nitrogens is 3. The lowest BCUT2D eigenvalue weighted by atomic mass is 9.85. The van der Waals surface area contributed by atoms with Crippen LogP contribution >= 0.6 is 0 Å². The number of likely N-dealkylation sites (tertiary alicyclic amines) is 1. The van der Waals surface area contributed by atoms with Crippen molar-refractivity contribution in [3.05, 3.63) is 88.7 Å². The van der Waals surface area contributed by atoms with Crippen molar-refractivity contribution in [2.45, 2.75) is 122 Å². The second kappa shape index (κ2) is 24.3. The average molecular weight is 1090 g/mol. The first-order valence-corrected chi connectivity index (χ1v) is 28.3. The monoisotopic (exact) mass is 1090 g/mol. The number of amides is 3. The molecule has 7 heterocycles.